The number of halogens is 2. The van der Waals surface area contributed by atoms with Gasteiger partial charge in [0.2, 0.25) is 0 Å². The van der Waals surface area contributed by atoms with Crippen molar-refractivity contribution in [3.63, 3.8) is 0 Å². The van der Waals surface area contributed by atoms with Crippen molar-refractivity contribution >= 4 is 27.5 Å². The Bertz CT molecular complexity index is 393. The van der Waals surface area contributed by atoms with Crippen molar-refractivity contribution < 1.29 is 4.74 Å². The first-order valence-corrected chi connectivity index (χ1v) is 7.59. The van der Waals surface area contributed by atoms with Crippen LogP contribution in [0.1, 0.15) is 24.8 Å². The number of likely N-dealkylation sites (N-methyl/N-ethyl adjacent to an activating group) is 1. The van der Waals surface area contributed by atoms with E-state index in [-0.39, 0.29) is 0 Å². The van der Waals surface area contributed by atoms with Gasteiger partial charge in [-0.2, -0.15) is 0 Å². The molecule has 0 saturated carbocycles. The molecule has 1 aromatic carbocycles. The topological polar surface area (TPSA) is 21.3 Å². The molecule has 0 aromatic heterocycles. The quantitative estimate of drug-likeness (QED) is 0.885. The molecule has 1 aliphatic rings. The van der Waals surface area contributed by atoms with Crippen LogP contribution in [0.15, 0.2) is 22.7 Å². The van der Waals surface area contributed by atoms with Crippen LogP contribution in [0.25, 0.3) is 0 Å². The molecular formula is C14H19BrClNO. The molecule has 100 valence electrons. The van der Waals surface area contributed by atoms with Gasteiger partial charge in [0.15, 0.2) is 0 Å². The van der Waals surface area contributed by atoms with Crippen LogP contribution in [-0.4, -0.2) is 25.8 Å². The number of hydrogen-bond acceptors (Lipinski definition) is 2. The lowest BCUT2D eigenvalue weighted by molar-refractivity contribution is 0.0954. The third kappa shape index (κ3) is 3.95. The summed E-state index contributed by atoms with van der Waals surface area (Å²) in [5, 5.41) is 4.20. The second kappa shape index (κ2) is 6.90. The number of hydrogen-bond donors (Lipinski definition) is 1. The van der Waals surface area contributed by atoms with Gasteiger partial charge in [-0.05, 0) is 50.4 Å². The highest BCUT2D eigenvalue weighted by molar-refractivity contribution is 9.10. The van der Waals surface area contributed by atoms with Crippen molar-refractivity contribution in [2.45, 2.75) is 37.8 Å². The Labute approximate surface area is 122 Å². The van der Waals surface area contributed by atoms with E-state index in [1.165, 1.54) is 18.4 Å². The minimum absolute atomic E-state index is 0.414. The predicted molar refractivity (Wildman–Crippen MR) is 79.3 cm³/mol. The van der Waals surface area contributed by atoms with Gasteiger partial charge in [-0.1, -0.05) is 33.6 Å². The van der Waals surface area contributed by atoms with E-state index in [1.807, 2.05) is 19.2 Å². The van der Waals surface area contributed by atoms with Gasteiger partial charge < -0.3 is 10.1 Å². The Balaban J connectivity index is 1.96. The third-order valence-electron chi connectivity index (χ3n) is 3.46. The Kier molecular flexibility index (Phi) is 5.49. The van der Waals surface area contributed by atoms with Crippen LogP contribution in [0.2, 0.25) is 5.02 Å². The number of nitrogens with one attached hydrogen (secondary N) is 1. The first-order chi connectivity index (χ1) is 8.69. The maximum atomic E-state index is 6.26. The van der Waals surface area contributed by atoms with Gasteiger partial charge in [-0.15, -0.1) is 0 Å². The lowest BCUT2D eigenvalue weighted by Crippen LogP contribution is -2.31. The van der Waals surface area contributed by atoms with Crippen LogP contribution in [0.5, 0.6) is 0 Å². The lowest BCUT2D eigenvalue weighted by Gasteiger charge is -2.20. The zero-order valence-electron chi connectivity index (χ0n) is 10.6. The highest BCUT2D eigenvalue weighted by atomic mass is 79.9. The maximum absolute atomic E-state index is 6.26. The molecular weight excluding hydrogens is 314 g/mol. The number of ether oxygens (including phenoxy) is 1. The average molecular weight is 333 g/mol. The predicted octanol–water partition coefficient (Wildman–Crippen LogP) is 3.80. The minimum atomic E-state index is 0.414. The van der Waals surface area contributed by atoms with E-state index in [9.17, 15) is 0 Å². The van der Waals surface area contributed by atoms with E-state index in [0.29, 0.717) is 12.1 Å². The molecule has 1 N–H and O–H groups in total. The minimum Gasteiger partial charge on any atom is -0.378 e. The summed E-state index contributed by atoms with van der Waals surface area (Å²) >= 11 is 9.69. The summed E-state index contributed by atoms with van der Waals surface area (Å²) in [6.07, 6.45) is 4.80. The molecule has 1 saturated heterocycles. The second-order valence-electron chi connectivity index (χ2n) is 4.80. The molecule has 2 rings (SSSR count). The Morgan fingerprint density at radius 3 is 3.00 bits per heavy atom. The molecule has 18 heavy (non-hydrogen) atoms. The van der Waals surface area contributed by atoms with Gasteiger partial charge in [-0.3, -0.25) is 0 Å². The largest absolute Gasteiger partial charge is 0.378 e. The Hall–Kier alpha value is -0.0900. The molecule has 1 aliphatic heterocycles. The van der Waals surface area contributed by atoms with Crippen LogP contribution in [0, 0.1) is 0 Å². The normalized spacial score (nSPS) is 21.2. The molecule has 0 radical (unpaired) electrons. The molecule has 0 amide bonds. The average Bonchev–Trinajstić information content (AvgIpc) is 2.84. The summed E-state index contributed by atoms with van der Waals surface area (Å²) in [6.45, 7) is 0.917. The Morgan fingerprint density at radius 1 is 1.56 bits per heavy atom. The first kappa shape index (κ1) is 14.3. The summed E-state index contributed by atoms with van der Waals surface area (Å²) in [7, 11) is 2.01. The number of benzene rings is 1. The van der Waals surface area contributed by atoms with Gasteiger partial charge in [-0.25, -0.2) is 0 Å². The fraction of sp³-hybridized carbons (Fsp3) is 0.571. The van der Waals surface area contributed by atoms with Gasteiger partial charge in [0.1, 0.15) is 0 Å². The summed E-state index contributed by atoms with van der Waals surface area (Å²) < 4.78 is 6.72. The fourth-order valence-electron chi connectivity index (χ4n) is 2.40. The van der Waals surface area contributed by atoms with Gasteiger partial charge in [0.25, 0.3) is 0 Å². The highest BCUT2D eigenvalue weighted by Crippen LogP contribution is 2.24. The summed E-state index contributed by atoms with van der Waals surface area (Å²) in [5.74, 6) is 0. The molecule has 0 spiro atoms. The molecule has 1 fully saturated rings. The van der Waals surface area contributed by atoms with Gasteiger partial charge >= 0.3 is 0 Å². The van der Waals surface area contributed by atoms with Crippen molar-refractivity contribution in [2.24, 2.45) is 0 Å². The van der Waals surface area contributed by atoms with Crippen LogP contribution in [0.3, 0.4) is 0 Å². The van der Waals surface area contributed by atoms with Crippen molar-refractivity contribution in [1.82, 2.24) is 5.32 Å². The summed E-state index contributed by atoms with van der Waals surface area (Å²) in [6, 6.07) is 6.51. The van der Waals surface area contributed by atoms with E-state index < -0.39 is 0 Å². The highest BCUT2D eigenvalue weighted by Gasteiger charge is 2.20. The van der Waals surface area contributed by atoms with Crippen molar-refractivity contribution in [3.05, 3.63) is 33.3 Å². The summed E-state index contributed by atoms with van der Waals surface area (Å²) in [4.78, 5) is 0. The van der Waals surface area contributed by atoms with Gasteiger partial charge in [0, 0.05) is 22.1 Å². The smallest absolute Gasteiger partial charge is 0.0590 e. The molecule has 0 bridgehead atoms. The molecule has 2 atom stereocenters. The van der Waals surface area contributed by atoms with E-state index in [2.05, 4.69) is 27.3 Å². The van der Waals surface area contributed by atoms with E-state index in [4.69, 9.17) is 16.3 Å². The third-order valence-corrected chi connectivity index (χ3v) is 4.31. The zero-order chi connectivity index (χ0) is 13.0. The van der Waals surface area contributed by atoms with E-state index in [1.54, 1.807) is 0 Å². The van der Waals surface area contributed by atoms with E-state index >= 15 is 0 Å². The summed E-state index contributed by atoms with van der Waals surface area (Å²) in [5.41, 5.74) is 1.19. The van der Waals surface area contributed by atoms with Crippen LogP contribution < -0.4 is 5.32 Å². The first-order valence-electron chi connectivity index (χ1n) is 6.42. The standard InChI is InChI=1S/C14H19BrClNO/c1-17-12(9-13-3-2-6-18-13)7-10-4-5-11(15)8-14(10)16/h4-5,8,12-13,17H,2-3,6-7,9H2,1H3. The van der Waals surface area contributed by atoms with Crippen molar-refractivity contribution in [3.8, 4) is 0 Å². The van der Waals surface area contributed by atoms with Crippen LogP contribution in [-0.2, 0) is 11.2 Å². The molecule has 1 heterocycles. The SMILES string of the molecule is CNC(Cc1ccc(Br)cc1Cl)CC1CCCO1. The fourth-order valence-corrected chi connectivity index (χ4v) is 3.15. The maximum Gasteiger partial charge on any atom is 0.0590 e. The van der Waals surface area contributed by atoms with Crippen LogP contribution in [0.4, 0.5) is 0 Å². The second-order valence-corrected chi connectivity index (χ2v) is 6.12. The monoisotopic (exact) mass is 331 g/mol. The number of rotatable bonds is 5. The van der Waals surface area contributed by atoms with Gasteiger partial charge in [0.05, 0.1) is 6.10 Å². The Morgan fingerprint density at radius 2 is 2.39 bits per heavy atom. The molecule has 2 unspecified atom stereocenters. The molecule has 2 nitrogen and oxygen atoms in total. The van der Waals surface area contributed by atoms with E-state index in [0.717, 1.165) is 28.9 Å². The van der Waals surface area contributed by atoms with Crippen molar-refractivity contribution in [2.75, 3.05) is 13.7 Å². The zero-order valence-corrected chi connectivity index (χ0v) is 12.9. The lowest BCUT2D eigenvalue weighted by atomic mass is 9.99. The molecule has 1 aromatic rings. The molecule has 4 heteroatoms. The van der Waals surface area contributed by atoms with Crippen molar-refractivity contribution in [1.29, 1.82) is 0 Å². The molecule has 0 aliphatic carbocycles. The van der Waals surface area contributed by atoms with Crippen LogP contribution >= 0.6 is 27.5 Å².